The minimum absolute atomic E-state index is 0.0407. The van der Waals surface area contributed by atoms with Crippen molar-refractivity contribution in [2.24, 2.45) is 5.92 Å². The highest BCUT2D eigenvalue weighted by Crippen LogP contribution is 2.13. The van der Waals surface area contributed by atoms with Gasteiger partial charge < -0.3 is 5.32 Å². The molecule has 1 aliphatic heterocycles. The van der Waals surface area contributed by atoms with Gasteiger partial charge in [0.2, 0.25) is 5.91 Å². The number of hydrogen-bond acceptors (Lipinski definition) is 4. The number of carbonyl (C=O) groups excluding carboxylic acids is 1. The van der Waals surface area contributed by atoms with E-state index in [1.165, 1.54) is 6.20 Å². The second-order valence-electron chi connectivity index (χ2n) is 4.89. The molecule has 2 rings (SSSR count). The molecule has 2 atom stereocenters. The largest absolute Gasteiger partial charge is 0.352 e. The van der Waals surface area contributed by atoms with Crippen LogP contribution in [0.25, 0.3) is 0 Å². The van der Waals surface area contributed by atoms with Gasteiger partial charge in [-0.1, -0.05) is 18.5 Å². The van der Waals surface area contributed by atoms with E-state index in [4.69, 9.17) is 11.6 Å². The summed E-state index contributed by atoms with van der Waals surface area (Å²) in [7, 11) is -2.97. The molecule has 0 aromatic carbocycles. The van der Waals surface area contributed by atoms with Crippen LogP contribution in [0.3, 0.4) is 0 Å². The van der Waals surface area contributed by atoms with Crippen molar-refractivity contribution in [3.63, 3.8) is 0 Å². The number of hydrogen-bond donors (Lipinski definition) is 1. The number of nitrogens with one attached hydrogen (secondary N) is 1. The Balaban J connectivity index is 1.86. The predicted octanol–water partition coefficient (Wildman–Crippen LogP) is 0.476. The number of amides is 1. The number of carbonyl (C=O) groups is 1. The van der Waals surface area contributed by atoms with Gasteiger partial charge in [0, 0.05) is 12.2 Å². The van der Waals surface area contributed by atoms with Crippen molar-refractivity contribution in [1.82, 2.24) is 15.1 Å². The van der Waals surface area contributed by atoms with E-state index in [0.717, 1.165) is 0 Å². The molecule has 1 amide bonds. The maximum absolute atomic E-state index is 11.9. The average molecular weight is 306 g/mol. The van der Waals surface area contributed by atoms with Crippen molar-refractivity contribution in [1.29, 1.82) is 0 Å². The molecule has 6 nitrogen and oxygen atoms in total. The fourth-order valence-corrected chi connectivity index (χ4v) is 3.88. The topological polar surface area (TPSA) is 81.1 Å². The Morgan fingerprint density at radius 3 is 2.95 bits per heavy atom. The molecule has 2 unspecified atom stereocenters. The van der Waals surface area contributed by atoms with Crippen molar-refractivity contribution in [2.45, 2.75) is 25.9 Å². The molecule has 0 radical (unpaired) electrons. The van der Waals surface area contributed by atoms with Crippen molar-refractivity contribution in [2.75, 3.05) is 11.5 Å². The van der Waals surface area contributed by atoms with E-state index in [1.807, 2.05) is 0 Å². The van der Waals surface area contributed by atoms with Gasteiger partial charge in [-0.3, -0.25) is 9.48 Å². The molecule has 2 heterocycles. The van der Waals surface area contributed by atoms with E-state index in [1.54, 1.807) is 17.8 Å². The Morgan fingerprint density at radius 2 is 2.42 bits per heavy atom. The lowest BCUT2D eigenvalue weighted by atomic mass is 10.1. The van der Waals surface area contributed by atoms with Crippen LogP contribution in [0.5, 0.6) is 0 Å². The van der Waals surface area contributed by atoms with E-state index < -0.39 is 9.84 Å². The molecule has 0 aliphatic carbocycles. The zero-order chi connectivity index (χ0) is 14.0. The predicted molar refractivity (Wildman–Crippen MR) is 71.6 cm³/mol. The second-order valence-corrected chi connectivity index (χ2v) is 7.56. The van der Waals surface area contributed by atoms with Crippen molar-refractivity contribution < 1.29 is 13.2 Å². The lowest BCUT2D eigenvalue weighted by Gasteiger charge is -2.15. The Bertz CT molecular complexity index is 569. The second kappa shape index (κ2) is 5.50. The van der Waals surface area contributed by atoms with E-state index >= 15 is 0 Å². The van der Waals surface area contributed by atoms with Crippen LogP contribution in [0.2, 0.25) is 5.02 Å². The molecular weight excluding hydrogens is 290 g/mol. The molecule has 0 spiro atoms. The van der Waals surface area contributed by atoms with Gasteiger partial charge in [-0.15, -0.1) is 0 Å². The normalized spacial score (nSPS) is 23.2. The summed E-state index contributed by atoms with van der Waals surface area (Å²) in [4.78, 5) is 11.9. The van der Waals surface area contributed by atoms with Gasteiger partial charge in [0.25, 0.3) is 0 Å². The first-order chi connectivity index (χ1) is 8.85. The molecule has 0 bridgehead atoms. The zero-order valence-electron chi connectivity index (χ0n) is 10.5. The Kier molecular flexibility index (Phi) is 4.15. The fraction of sp³-hybridized carbons (Fsp3) is 0.636. The third kappa shape index (κ3) is 3.94. The van der Waals surface area contributed by atoms with Crippen molar-refractivity contribution >= 4 is 27.3 Å². The summed E-state index contributed by atoms with van der Waals surface area (Å²) in [6, 6.07) is -0.263. The highest BCUT2D eigenvalue weighted by Gasteiger charge is 2.29. The number of nitrogens with zero attached hydrogens (tertiary/aromatic N) is 2. The van der Waals surface area contributed by atoms with Crippen molar-refractivity contribution in [3.05, 3.63) is 17.4 Å². The first-order valence-corrected chi connectivity index (χ1v) is 8.24. The maximum Gasteiger partial charge on any atom is 0.224 e. The van der Waals surface area contributed by atoms with Gasteiger partial charge in [-0.05, 0) is 6.42 Å². The van der Waals surface area contributed by atoms with Gasteiger partial charge in [-0.2, -0.15) is 5.10 Å². The third-order valence-corrected chi connectivity index (χ3v) is 5.05. The minimum atomic E-state index is -2.97. The summed E-state index contributed by atoms with van der Waals surface area (Å²) >= 11 is 5.74. The molecule has 0 saturated carbocycles. The molecule has 1 aliphatic rings. The Hall–Kier alpha value is -1.08. The summed E-state index contributed by atoms with van der Waals surface area (Å²) in [6.45, 7) is 2.19. The monoisotopic (exact) mass is 305 g/mol. The third-order valence-electron chi connectivity index (χ3n) is 3.09. The Morgan fingerprint density at radius 1 is 1.68 bits per heavy atom. The first kappa shape index (κ1) is 14.3. The number of aromatic nitrogens is 2. The summed E-state index contributed by atoms with van der Waals surface area (Å²) in [5, 5.41) is 7.29. The molecular formula is C11H16ClN3O3S. The van der Waals surface area contributed by atoms with Crippen LogP contribution >= 0.6 is 11.6 Å². The lowest BCUT2D eigenvalue weighted by molar-refractivity contribution is -0.125. The molecule has 1 saturated heterocycles. The van der Waals surface area contributed by atoms with Crippen LogP contribution in [-0.2, 0) is 21.2 Å². The highest BCUT2D eigenvalue weighted by molar-refractivity contribution is 7.91. The van der Waals surface area contributed by atoms with Crippen LogP contribution in [0.4, 0.5) is 0 Å². The summed E-state index contributed by atoms with van der Waals surface area (Å²) in [5.74, 6) is -0.256. The molecule has 8 heteroatoms. The molecule has 106 valence electrons. The number of sulfone groups is 1. The number of halogens is 1. The van der Waals surface area contributed by atoms with E-state index in [0.29, 0.717) is 18.0 Å². The first-order valence-electron chi connectivity index (χ1n) is 6.04. The van der Waals surface area contributed by atoms with E-state index in [9.17, 15) is 13.2 Å². The summed E-state index contributed by atoms with van der Waals surface area (Å²) in [6.07, 6.45) is 3.65. The molecule has 1 aromatic heterocycles. The Labute approximate surface area is 117 Å². The lowest BCUT2D eigenvalue weighted by Crippen LogP contribution is -2.40. The van der Waals surface area contributed by atoms with Crippen LogP contribution in [-0.4, -0.2) is 41.7 Å². The van der Waals surface area contributed by atoms with Crippen LogP contribution < -0.4 is 5.32 Å². The van der Waals surface area contributed by atoms with Gasteiger partial charge in [-0.25, -0.2) is 8.42 Å². The van der Waals surface area contributed by atoms with Crippen LogP contribution in [0.15, 0.2) is 12.4 Å². The SMILES string of the molecule is CC(Cn1cc(Cl)cn1)C(=O)NC1CCS(=O)(=O)C1. The standard InChI is InChI=1S/C11H16ClN3O3S/c1-8(5-15-6-9(12)4-13-15)11(16)14-10-2-3-19(17,18)7-10/h4,6,8,10H,2-3,5,7H2,1H3,(H,14,16). The fourth-order valence-electron chi connectivity index (χ4n) is 2.05. The van der Waals surface area contributed by atoms with E-state index in [-0.39, 0.29) is 29.4 Å². The van der Waals surface area contributed by atoms with Gasteiger partial charge in [0.05, 0.1) is 35.2 Å². The molecule has 1 fully saturated rings. The quantitative estimate of drug-likeness (QED) is 0.877. The van der Waals surface area contributed by atoms with Gasteiger partial charge in [0.15, 0.2) is 9.84 Å². The number of rotatable bonds is 4. The smallest absolute Gasteiger partial charge is 0.224 e. The van der Waals surface area contributed by atoms with Crippen LogP contribution in [0.1, 0.15) is 13.3 Å². The average Bonchev–Trinajstić information content (AvgIpc) is 2.85. The zero-order valence-corrected chi connectivity index (χ0v) is 12.1. The van der Waals surface area contributed by atoms with Gasteiger partial charge in [0.1, 0.15) is 0 Å². The van der Waals surface area contributed by atoms with E-state index in [2.05, 4.69) is 10.4 Å². The minimum Gasteiger partial charge on any atom is -0.352 e. The van der Waals surface area contributed by atoms with Crippen molar-refractivity contribution in [3.8, 4) is 0 Å². The maximum atomic E-state index is 11.9. The molecule has 1 N–H and O–H groups in total. The molecule has 19 heavy (non-hydrogen) atoms. The highest BCUT2D eigenvalue weighted by atomic mass is 35.5. The molecule has 1 aromatic rings. The summed E-state index contributed by atoms with van der Waals surface area (Å²) in [5.41, 5.74) is 0. The van der Waals surface area contributed by atoms with Gasteiger partial charge >= 0.3 is 0 Å². The van der Waals surface area contributed by atoms with Crippen LogP contribution in [0, 0.1) is 5.92 Å². The summed E-state index contributed by atoms with van der Waals surface area (Å²) < 4.78 is 24.2.